The minimum Gasteiger partial charge on any atom is -0.496 e. The molecule has 0 atom stereocenters. The fourth-order valence-electron chi connectivity index (χ4n) is 6.41. The average Bonchev–Trinajstić information content (AvgIpc) is 3.11. The summed E-state index contributed by atoms with van der Waals surface area (Å²) in [7, 11) is 1.63. The normalized spacial score (nSPS) is 12.0. The molecule has 0 amide bonds. The molecule has 238 valence electrons. The van der Waals surface area contributed by atoms with E-state index in [-0.39, 0.29) is 5.90 Å². The summed E-state index contributed by atoms with van der Waals surface area (Å²) in [6, 6.07) is 32.5. The third-order valence-corrected chi connectivity index (χ3v) is 8.87. The van der Waals surface area contributed by atoms with Crippen LogP contribution in [0, 0.1) is 0 Å². The summed E-state index contributed by atoms with van der Waals surface area (Å²) in [5.41, 5.74) is 6.01. The standard InChI is InChI=1S/C40H40N4O3/c1-6-43(7-2)28-19-21-33-37(24-28)47-38-25-29(44(8-3)9-4)20-22-34(38)39(33)31-16-12-13-17-32(31)40(45)42-41-26-35-30-15-11-10-14-27(30)18-23-36(35)46-5/h10-26H,6-9H2,1-5H3/p+1. The van der Waals surface area contributed by atoms with Crippen LogP contribution in [0.1, 0.15) is 38.8 Å². The van der Waals surface area contributed by atoms with Gasteiger partial charge < -0.3 is 19.2 Å². The zero-order valence-corrected chi connectivity index (χ0v) is 27.7. The lowest BCUT2D eigenvalue weighted by Gasteiger charge is -2.22. The van der Waals surface area contributed by atoms with Crippen molar-refractivity contribution in [2.75, 3.05) is 38.2 Å². The van der Waals surface area contributed by atoms with Gasteiger partial charge in [0.1, 0.15) is 30.2 Å². The van der Waals surface area contributed by atoms with Gasteiger partial charge in [-0.2, -0.15) is 5.10 Å². The van der Waals surface area contributed by atoms with Crippen LogP contribution in [0.25, 0.3) is 44.2 Å². The van der Waals surface area contributed by atoms with E-state index in [0.717, 1.165) is 87.0 Å². The van der Waals surface area contributed by atoms with Gasteiger partial charge in [0.25, 0.3) is 0 Å². The summed E-state index contributed by atoms with van der Waals surface area (Å²) >= 11 is 0. The predicted molar refractivity (Wildman–Crippen MR) is 195 cm³/mol. The molecular formula is C40H41N4O3+. The van der Waals surface area contributed by atoms with Crippen LogP contribution in [0.2, 0.25) is 0 Å². The highest BCUT2D eigenvalue weighted by Gasteiger charge is 2.22. The van der Waals surface area contributed by atoms with Gasteiger partial charge in [0.15, 0.2) is 0 Å². The molecule has 47 heavy (non-hydrogen) atoms. The second kappa shape index (κ2) is 13.9. The van der Waals surface area contributed by atoms with E-state index < -0.39 is 0 Å². The number of methoxy groups -OCH3 is 1. The molecule has 0 saturated heterocycles. The molecule has 1 N–H and O–H groups in total. The van der Waals surface area contributed by atoms with Gasteiger partial charge in [0.2, 0.25) is 11.3 Å². The van der Waals surface area contributed by atoms with E-state index in [1.165, 1.54) is 0 Å². The molecule has 7 nitrogen and oxygen atoms in total. The molecule has 1 aliphatic carbocycles. The molecule has 1 aliphatic heterocycles. The molecule has 0 fully saturated rings. The van der Waals surface area contributed by atoms with E-state index in [4.69, 9.17) is 9.15 Å². The lowest BCUT2D eigenvalue weighted by Crippen LogP contribution is -2.29. The zero-order valence-electron chi connectivity index (χ0n) is 27.7. The quantitative estimate of drug-likeness (QED) is 0.0546. The Labute approximate surface area is 275 Å². The second-order valence-corrected chi connectivity index (χ2v) is 11.3. The van der Waals surface area contributed by atoms with Crippen LogP contribution < -0.4 is 19.6 Å². The number of rotatable bonds is 10. The summed E-state index contributed by atoms with van der Waals surface area (Å²) in [5, 5.41) is 24.2. The number of fused-ring (bicyclic) bond motifs is 3. The fourth-order valence-corrected chi connectivity index (χ4v) is 6.41. The summed E-state index contributed by atoms with van der Waals surface area (Å²) in [6.45, 7) is 12.2. The maximum Gasteiger partial charge on any atom is 0.238 e. The highest BCUT2D eigenvalue weighted by molar-refractivity contribution is 6.09. The molecule has 2 aliphatic rings. The van der Waals surface area contributed by atoms with Gasteiger partial charge in [0.05, 0.1) is 19.4 Å². The number of aliphatic hydroxyl groups is 1. The number of aliphatic hydroxyl groups excluding tert-OH is 1. The molecule has 1 heterocycles. The van der Waals surface area contributed by atoms with Gasteiger partial charge in [-0.25, -0.2) is 4.58 Å². The van der Waals surface area contributed by atoms with Crippen molar-refractivity contribution in [1.29, 1.82) is 0 Å². The first-order valence-electron chi connectivity index (χ1n) is 16.3. The number of nitrogens with zero attached hydrogens (tertiary/aromatic N) is 4. The minimum atomic E-state index is -0.183. The van der Waals surface area contributed by atoms with Crippen molar-refractivity contribution in [2.45, 2.75) is 27.7 Å². The van der Waals surface area contributed by atoms with Crippen LogP contribution in [-0.2, 0) is 0 Å². The Morgan fingerprint density at radius 2 is 1.60 bits per heavy atom. The molecule has 7 heteroatoms. The topological polar surface area (TPSA) is 73.6 Å². The number of anilines is 1. The second-order valence-electron chi connectivity index (χ2n) is 11.3. The predicted octanol–water partition coefficient (Wildman–Crippen LogP) is 8.36. The number of hydrogen-bond acceptors (Lipinski definition) is 5. The smallest absolute Gasteiger partial charge is 0.238 e. The molecule has 4 aromatic rings. The van der Waals surface area contributed by atoms with Crippen LogP contribution in [0.5, 0.6) is 5.75 Å². The Balaban J connectivity index is 1.54. The fraction of sp³-hybridized carbons (Fsp3) is 0.225. The van der Waals surface area contributed by atoms with Crippen molar-refractivity contribution in [2.24, 2.45) is 10.2 Å². The third-order valence-electron chi connectivity index (χ3n) is 8.87. The largest absolute Gasteiger partial charge is 0.496 e. The number of hydrogen-bond donors (Lipinski definition) is 1. The van der Waals surface area contributed by atoms with E-state index in [1.54, 1.807) is 13.3 Å². The van der Waals surface area contributed by atoms with Crippen LogP contribution >= 0.6 is 0 Å². The van der Waals surface area contributed by atoms with Gasteiger partial charge in [0, 0.05) is 58.5 Å². The highest BCUT2D eigenvalue weighted by atomic mass is 16.5. The maximum atomic E-state index is 11.5. The summed E-state index contributed by atoms with van der Waals surface area (Å²) in [6.07, 6.45) is 1.63. The van der Waals surface area contributed by atoms with Gasteiger partial charge in [-0.05, 0) is 74.4 Å². The average molecular weight is 626 g/mol. The van der Waals surface area contributed by atoms with Crippen molar-refractivity contribution >= 4 is 39.5 Å². The first-order chi connectivity index (χ1) is 23.0. The van der Waals surface area contributed by atoms with Crippen LogP contribution in [0.3, 0.4) is 0 Å². The first kappa shape index (κ1) is 31.5. The summed E-state index contributed by atoms with van der Waals surface area (Å²) < 4.78 is 14.6. The van der Waals surface area contributed by atoms with E-state index >= 15 is 0 Å². The molecule has 0 saturated carbocycles. The molecule has 0 unspecified atom stereocenters. The molecule has 0 spiro atoms. The Morgan fingerprint density at radius 1 is 0.830 bits per heavy atom. The van der Waals surface area contributed by atoms with Gasteiger partial charge >= 0.3 is 0 Å². The Hall–Kier alpha value is -5.43. The van der Waals surface area contributed by atoms with Gasteiger partial charge in [-0.3, -0.25) is 0 Å². The van der Waals surface area contributed by atoms with E-state index in [1.807, 2.05) is 60.7 Å². The van der Waals surface area contributed by atoms with Gasteiger partial charge in [-0.1, -0.05) is 48.5 Å². The third kappa shape index (κ3) is 6.09. The van der Waals surface area contributed by atoms with E-state index in [0.29, 0.717) is 11.3 Å². The number of ether oxygens (including phenoxy) is 1. The summed E-state index contributed by atoms with van der Waals surface area (Å²) in [5.74, 6) is 1.28. The lowest BCUT2D eigenvalue weighted by molar-refractivity contribution is 0.415. The van der Waals surface area contributed by atoms with Crippen molar-refractivity contribution < 1.29 is 14.3 Å². The lowest BCUT2D eigenvalue weighted by atomic mass is 9.90. The van der Waals surface area contributed by atoms with E-state index in [2.05, 4.69) is 83.8 Å². The van der Waals surface area contributed by atoms with Crippen LogP contribution in [0.4, 0.5) is 5.69 Å². The van der Waals surface area contributed by atoms with E-state index in [9.17, 15) is 5.11 Å². The summed E-state index contributed by atoms with van der Waals surface area (Å²) in [4.78, 5) is 2.31. The number of benzene rings is 5. The molecule has 0 radical (unpaired) electrons. The monoisotopic (exact) mass is 625 g/mol. The molecule has 4 aromatic carbocycles. The molecule has 0 aromatic heterocycles. The molecule has 0 bridgehead atoms. The SMILES string of the molecule is CCN(CC)c1ccc2c(-c3ccccc3/C(O)=N/N=C/c3c(OC)ccc4ccccc34)c3ccc(=[N+](CC)CC)cc-3oc2c1. The molecular weight excluding hydrogens is 584 g/mol. The Bertz CT molecular complexity index is 2150. The van der Waals surface area contributed by atoms with Gasteiger partial charge in [-0.15, -0.1) is 5.10 Å². The van der Waals surface area contributed by atoms with Crippen molar-refractivity contribution in [3.63, 3.8) is 0 Å². The van der Waals surface area contributed by atoms with Crippen molar-refractivity contribution in [3.8, 4) is 28.2 Å². The first-order valence-corrected chi connectivity index (χ1v) is 16.3. The highest BCUT2D eigenvalue weighted by Crippen LogP contribution is 2.42. The Kier molecular flexibility index (Phi) is 9.34. The van der Waals surface area contributed by atoms with Crippen LogP contribution in [-0.4, -0.2) is 50.5 Å². The van der Waals surface area contributed by atoms with Crippen molar-refractivity contribution in [1.82, 2.24) is 4.58 Å². The Morgan fingerprint density at radius 3 is 2.36 bits per heavy atom. The van der Waals surface area contributed by atoms with Crippen molar-refractivity contribution in [3.05, 3.63) is 114 Å². The molecule has 6 rings (SSSR count). The van der Waals surface area contributed by atoms with Crippen LogP contribution in [0.15, 0.2) is 112 Å². The minimum absolute atomic E-state index is 0.183. The zero-order chi connectivity index (χ0) is 32.9. The maximum absolute atomic E-state index is 11.5.